The number of thioether (sulfide) groups is 1. The quantitative estimate of drug-likeness (QED) is 0.816. The minimum atomic E-state index is -0.241. The molecule has 1 aromatic carbocycles. The predicted octanol–water partition coefficient (Wildman–Crippen LogP) is 3.49. The first-order valence-corrected chi connectivity index (χ1v) is 9.34. The van der Waals surface area contributed by atoms with Gasteiger partial charge in [-0.1, -0.05) is 52.4 Å². The van der Waals surface area contributed by atoms with Gasteiger partial charge in [-0.2, -0.15) is 0 Å². The van der Waals surface area contributed by atoms with Gasteiger partial charge >= 0.3 is 0 Å². The topological polar surface area (TPSA) is 70.5 Å². The van der Waals surface area contributed by atoms with Crippen molar-refractivity contribution in [1.29, 1.82) is 0 Å². The van der Waals surface area contributed by atoms with Gasteiger partial charge in [0.15, 0.2) is 4.34 Å². The number of amides is 1. The summed E-state index contributed by atoms with van der Waals surface area (Å²) in [5, 5.41) is 12.2. The zero-order chi connectivity index (χ0) is 16.4. The van der Waals surface area contributed by atoms with Crippen LogP contribution in [0.1, 0.15) is 9.80 Å². The third-order valence-electron chi connectivity index (χ3n) is 3.05. The molecule has 1 aromatic heterocycles. The van der Waals surface area contributed by atoms with Gasteiger partial charge in [-0.15, -0.1) is 10.2 Å². The van der Waals surface area contributed by atoms with Gasteiger partial charge in [-0.05, 0) is 18.4 Å². The summed E-state index contributed by atoms with van der Waals surface area (Å²) in [6, 6.07) is 5.18. The highest BCUT2D eigenvalue weighted by molar-refractivity contribution is 8.00. The standard InChI is InChI=1S/C13H11Cl2N5OS2/c1-22-13-19-18-10(23-13)11(21)20-6-5-16-12(20)17-9-7(14)3-2-4-8(9)15/h2-4H,5-6H2,1H3,(H,16,17). The highest BCUT2D eigenvalue weighted by atomic mass is 35.5. The zero-order valence-electron chi connectivity index (χ0n) is 11.9. The number of halogens is 2. The summed E-state index contributed by atoms with van der Waals surface area (Å²) in [5.41, 5.74) is 0.524. The lowest BCUT2D eigenvalue weighted by Gasteiger charge is -2.19. The molecular weight excluding hydrogens is 377 g/mol. The van der Waals surface area contributed by atoms with Crippen molar-refractivity contribution >= 4 is 63.9 Å². The molecule has 1 aliphatic rings. The van der Waals surface area contributed by atoms with Gasteiger partial charge in [0.25, 0.3) is 5.91 Å². The van der Waals surface area contributed by atoms with Gasteiger partial charge < -0.3 is 5.32 Å². The Bertz CT molecular complexity index is 759. The summed E-state index contributed by atoms with van der Waals surface area (Å²) in [7, 11) is 0. The van der Waals surface area contributed by atoms with Crippen molar-refractivity contribution in [3.8, 4) is 0 Å². The first kappa shape index (κ1) is 16.5. The number of carbonyl (C=O) groups is 1. The Hall–Kier alpha value is -1.35. The lowest BCUT2D eigenvalue weighted by Crippen LogP contribution is -2.38. The number of para-hydroxylation sites is 1. The second-order valence-corrected chi connectivity index (χ2v) is 7.31. The molecule has 6 nitrogen and oxygen atoms in total. The second-order valence-electron chi connectivity index (χ2n) is 4.46. The Morgan fingerprint density at radius 1 is 1.35 bits per heavy atom. The van der Waals surface area contributed by atoms with E-state index in [0.29, 0.717) is 39.8 Å². The molecule has 0 unspecified atom stereocenters. The van der Waals surface area contributed by atoms with E-state index >= 15 is 0 Å². The third-order valence-corrected chi connectivity index (χ3v) is 5.57. The number of hydrogen-bond acceptors (Lipinski definition) is 7. The Kier molecular flexibility index (Phi) is 5.05. The lowest BCUT2D eigenvalue weighted by molar-refractivity contribution is 0.0856. The maximum Gasteiger partial charge on any atom is 0.291 e. The van der Waals surface area contributed by atoms with Crippen LogP contribution in [0.15, 0.2) is 27.5 Å². The molecule has 3 rings (SSSR count). The first-order valence-electron chi connectivity index (χ1n) is 6.55. The van der Waals surface area contributed by atoms with E-state index in [1.807, 2.05) is 6.26 Å². The van der Waals surface area contributed by atoms with Gasteiger partial charge in [0.05, 0.1) is 22.3 Å². The number of anilines is 1. The van der Waals surface area contributed by atoms with Crippen LogP contribution >= 0.6 is 46.3 Å². The third kappa shape index (κ3) is 3.45. The molecule has 120 valence electrons. The van der Waals surface area contributed by atoms with Crippen molar-refractivity contribution in [2.45, 2.75) is 4.34 Å². The van der Waals surface area contributed by atoms with Crippen LogP contribution in [0.25, 0.3) is 0 Å². The molecule has 2 aromatic rings. The van der Waals surface area contributed by atoms with Gasteiger partial charge in [0.2, 0.25) is 11.0 Å². The lowest BCUT2D eigenvalue weighted by atomic mass is 10.3. The van der Waals surface area contributed by atoms with Crippen LogP contribution in [-0.4, -0.2) is 46.3 Å². The Morgan fingerprint density at radius 3 is 2.74 bits per heavy atom. The van der Waals surface area contributed by atoms with E-state index in [-0.39, 0.29) is 5.91 Å². The maximum atomic E-state index is 12.6. The van der Waals surface area contributed by atoms with Crippen LogP contribution in [-0.2, 0) is 0 Å². The fourth-order valence-electron chi connectivity index (χ4n) is 1.98. The molecule has 10 heteroatoms. The molecule has 0 bridgehead atoms. The van der Waals surface area contributed by atoms with Gasteiger partial charge in [-0.25, -0.2) is 0 Å². The number of benzene rings is 1. The van der Waals surface area contributed by atoms with Crippen molar-refractivity contribution in [2.24, 2.45) is 4.99 Å². The molecule has 0 atom stereocenters. The van der Waals surface area contributed by atoms with Gasteiger partial charge in [-0.3, -0.25) is 14.7 Å². The van der Waals surface area contributed by atoms with Crippen molar-refractivity contribution < 1.29 is 4.79 Å². The monoisotopic (exact) mass is 387 g/mol. The van der Waals surface area contributed by atoms with Crippen LogP contribution in [0.4, 0.5) is 5.69 Å². The number of rotatable bonds is 3. The highest BCUT2D eigenvalue weighted by Crippen LogP contribution is 2.30. The van der Waals surface area contributed by atoms with Gasteiger partial charge in [0, 0.05) is 6.54 Å². The number of aromatic nitrogens is 2. The molecule has 0 saturated heterocycles. The summed E-state index contributed by atoms with van der Waals surface area (Å²) < 4.78 is 0.744. The van der Waals surface area contributed by atoms with E-state index in [1.54, 1.807) is 18.2 Å². The number of nitrogens with zero attached hydrogens (tertiary/aromatic N) is 4. The largest absolute Gasteiger partial charge is 0.323 e. The summed E-state index contributed by atoms with van der Waals surface area (Å²) in [6.07, 6.45) is 1.89. The SMILES string of the molecule is CSc1nnc(C(=O)N2CCN=C2Nc2c(Cl)cccc2Cl)s1. The van der Waals surface area contributed by atoms with Crippen molar-refractivity contribution in [3.05, 3.63) is 33.3 Å². The van der Waals surface area contributed by atoms with Crippen LogP contribution in [0, 0.1) is 0 Å². The Labute approximate surface area is 150 Å². The van der Waals surface area contributed by atoms with E-state index in [0.717, 1.165) is 4.34 Å². The van der Waals surface area contributed by atoms with Crippen LogP contribution in [0.2, 0.25) is 10.0 Å². The van der Waals surface area contributed by atoms with E-state index in [1.165, 1.54) is 28.0 Å². The highest BCUT2D eigenvalue weighted by Gasteiger charge is 2.28. The van der Waals surface area contributed by atoms with Crippen molar-refractivity contribution in [2.75, 3.05) is 24.7 Å². The number of guanidine groups is 1. The van der Waals surface area contributed by atoms with Crippen LogP contribution in [0.3, 0.4) is 0 Å². The summed E-state index contributed by atoms with van der Waals surface area (Å²) in [6.45, 7) is 0.974. The Morgan fingerprint density at radius 2 is 2.09 bits per heavy atom. The number of carbonyl (C=O) groups excluding carboxylic acids is 1. The molecule has 1 amide bonds. The molecule has 1 aliphatic heterocycles. The predicted molar refractivity (Wildman–Crippen MR) is 95.1 cm³/mol. The van der Waals surface area contributed by atoms with E-state index in [9.17, 15) is 4.79 Å². The first-order chi connectivity index (χ1) is 11.1. The van der Waals surface area contributed by atoms with E-state index < -0.39 is 0 Å². The van der Waals surface area contributed by atoms with Crippen molar-refractivity contribution in [3.63, 3.8) is 0 Å². The van der Waals surface area contributed by atoms with Crippen LogP contribution < -0.4 is 5.32 Å². The average Bonchev–Trinajstić information content (AvgIpc) is 3.19. The maximum absolute atomic E-state index is 12.6. The minimum absolute atomic E-state index is 0.241. The molecule has 23 heavy (non-hydrogen) atoms. The summed E-state index contributed by atoms with van der Waals surface area (Å²) in [4.78, 5) is 18.4. The summed E-state index contributed by atoms with van der Waals surface area (Å²) in [5.74, 6) is 0.167. The minimum Gasteiger partial charge on any atom is -0.323 e. The van der Waals surface area contributed by atoms with Crippen molar-refractivity contribution in [1.82, 2.24) is 15.1 Å². The Balaban J connectivity index is 1.81. The average molecular weight is 388 g/mol. The molecule has 0 spiro atoms. The molecule has 0 radical (unpaired) electrons. The smallest absolute Gasteiger partial charge is 0.291 e. The number of hydrogen-bond donors (Lipinski definition) is 1. The number of aliphatic imine (C=N–C) groups is 1. The number of nitrogens with one attached hydrogen (secondary N) is 1. The van der Waals surface area contributed by atoms with Gasteiger partial charge in [0.1, 0.15) is 0 Å². The molecule has 0 fully saturated rings. The molecule has 2 heterocycles. The molecule has 1 N–H and O–H groups in total. The second kappa shape index (κ2) is 7.04. The molecule has 0 aliphatic carbocycles. The fourth-order valence-corrected chi connectivity index (χ4v) is 3.69. The fraction of sp³-hybridized carbons (Fsp3) is 0.231. The van der Waals surface area contributed by atoms with Crippen LogP contribution in [0.5, 0.6) is 0 Å². The van der Waals surface area contributed by atoms with E-state index in [2.05, 4.69) is 20.5 Å². The molecular formula is C13H11Cl2N5OS2. The zero-order valence-corrected chi connectivity index (χ0v) is 15.1. The molecule has 0 saturated carbocycles. The normalized spacial score (nSPS) is 14.0. The van der Waals surface area contributed by atoms with E-state index in [4.69, 9.17) is 23.2 Å². The summed E-state index contributed by atoms with van der Waals surface area (Å²) >= 11 is 15.0.